The lowest BCUT2D eigenvalue weighted by atomic mass is 9.87. The molecule has 7 heteroatoms. The Morgan fingerprint density at radius 2 is 1.85 bits per heavy atom. The lowest BCUT2D eigenvalue weighted by Gasteiger charge is -2.18. The minimum atomic E-state index is -0.254. The van der Waals surface area contributed by atoms with Gasteiger partial charge in [-0.25, -0.2) is 0 Å². The van der Waals surface area contributed by atoms with E-state index in [4.69, 9.17) is 12.2 Å². The molecule has 0 saturated carbocycles. The highest BCUT2D eigenvalue weighted by molar-refractivity contribution is 8.18. The van der Waals surface area contributed by atoms with Gasteiger partial charge in [0, 0.05) is 19.6 Å². The monoisotopic (exact) mass is 391 g/mol. The second-order valence-electron chi connectivity index (χ2n) is 6.99. The quantitative estimate of drug-likeness (QED) is 0.592. The summed E-state index contributed by atoms with van der Waals surface area (Å²) in [6, 6.07) is 8.07. The van der Waals surface area contributed by atoms with Gasteiger partial charge in [-0.2, -0.15) is 0 Å². The molecule has 2 N–H and O–H groups in total. The maximum Gasteiger partial charge on any atom is 0.293 e. The van der Waals surface area contributed by atoms with Crippen LogP contribution < -0.4 is 10.6 Å². The number of thioether (sulfide) groups is 1. The molecule has 0 spiro atoms. The average molecular weight is 392 g/mol. The van der Waals surface area contributed by atoms with E-state index in [9.17, 15) is 9.59 Å². The van der Waals surface area contributed by atoms with Crippen LogP contribution in [0.2, 0.25) is 0 Å². The highest BCUT2D eigenvalue weighted by Gasteiger charge is 2.34. The van der Waals surface area contributed by atoms with Gasteiger partial charge in [0.15, 0.2) is 5.11 Å². The first kappa shape index (κ1) is 20.5. The Morgan fingerprint density at radius 3 is 2.42 bits per heavy atom. The van der Waals surface area contributed by atoms with Crippen LogP contribution in [0.1, 0.15) is 38.8 Å². The number of hydrogen-bond acceptors (Lipinski definition) is 4. The van der Waals surface area contributed by atoms with Gasteiger partial charge < -0.3 is 10.6 Å². The Balaban J connectivity index is 2.01. The molecule has 1 aromatic carbocycles. The van der Waals surface area contributed by atoms with Gasteiger partial charge in [0.25, 0.3) is 11.1 Å². The zero-order valence-electron chi connectivity index (χ0n) is 15.6. The summed E-state index contributed by atoms with van der Waals surface area (Å²) in [6.07, 6.45) is 1.77. The number of thiocarbonyl (C=S) groups is 1. The number of hydrogen-bond donors (Lipinski definition) is 2. The van der Waals surface area contributed by atoms with E-state index in [0.29, 0.717) is 16.6 Å². The number of carbonyl (C=O) groups excluding carboxylic acids is 2. The van der Waals surface area contributed by atoms with Gasteiger partial charge in [0.05, 0.1) is 4.91 Å². The van der Waals surface area contributed by atoms with Crippen LogP contribution in [0, 0.1) is 0 Å². The molecule has 0 atom stereocenters. The van der Waals surface area contributed by atoms with Crippen LogP contribution in [0.15, 0.2) is 29.2 Å². The molecule has 0 unspecified atom stereocenters. The van der Waals surface area contributed by atoms with Gasteiger partial charge in [-0.1, -0.05) is 45.0 Å². The van der Waals surface area contributed by atoms with E-state index in [1.807, 2.05) is 19.1 Å². The molecule has 0 radical (unpaired) electrons. The summed E-state index contributed by atoms with van der Waals surface area (Å²) in [7, 11) is 0. The van der Waals surface area contributed by atoms with Crippen LogP contribution in [0.25, 0.3) is 6.08 Å². The van der Waals surface area contributed by atoms with Crippen LogP contribution in [0.3, 0.4) is 0 Å². The van der Waals surface area contributed by atoms with Crippen LogP contribution in [-0.2, 0) is 10.2 Å². The average Bonchev–Trinajstić information content (AvgIpc) is 2.82. The molecule has 26 heavy (non-hydrogen) atoms. The number of nitrogens with zero attached hydrogens (tertiary/aromatic N) is 1. The van der Waals surface area contributed by atoms with Crippen LogP contribution in [0.5, 0.6) is 0 Å². The Hall–Kier alpha value is -1.86. The summed E-state index contributed by atoms with van der Waals surface area (Å²) >= 11 is 6.05. The van der Waals surface area contributed by atoms with Crippen LogP contribution in [-0.4, -0.2) is 40.8 Å². The van der Waals surface area contributed by atoms with Crippen molar-refractivity contribution in [1.29, 1.82) is 0 Å². The second kappa shape index (κ2) is 8.68. The Kier molecular flexibility index (Phi) is 6.83. The van der Waals surface area contributed by atoms with Crippen molar-refractivity contribution in [3.8, 4) is 0 Å². The van der Waals surface area contributed by atoms with Gasteiger partial charge in [-0.05, 0) is 53.5 Å². The van der Waals surface area contributed by atoms with Crippen molar-refractivity contribution < 1.29 is 9.59 Å². The summed E-state index contributed by atoms with van der Waals surface area (Å²) in [5.74, 6) is -0.254. The molecule has 1 heterocycles. The fraction of sp³-hybridized carbons (Fsp3) is 0.421. The lowest BCUT2D eigenvalue weighted by molar-refractivity contribution is -0.122. The molecule has 1 aliphatic rings. The lowest BCUT2D eigenvalue weighted by Crippen LogP contribution is -2.41. The van der Waals surface area contributed by atoms with Crippen LogP contribution >= 0.6 is 24.0 Å². The number of carbonyl (C=O) groups is 2. The molecule has 0 bridgehead atoms. The Bertz CT molecular complexity index is 721. The number of amides is 2. The number of nitrogens with one attached hydrogen (secondary N) is 2. The first-order valence-electron chi connectivity index (χ1n) is 8.60. The van der Waals surface area contributed by atoms with Crippen LogP contribution in [0.4, 0.5) is 4.79 Å². The van der Waals surface area contributed by atoms with Gasteiger partial charge in [0.1, 0.15) is 0 Å². The van der Waals surface area contributed by atoms with Crippen molar-refractivity contribution in [2.75, 3.05) is 19.6 Å². The van der Waals surface area contributed by atoms with Gasteiger partial charge in [-0.3, -0.25) is 14.5 Å². The highest BCUT2D eigenvalue weighted by Crippen LogP contribution is 2.32. The molecule has 1 saturated heterocycles. The number of benzene rings is 1. The fourth-order valence-corrected chi connectivity index (χ4v) is 3.54. The second-order valence-corrected chi connectivity index (χ2v) is 8.39. The van der Waals surface area contributed by atoms with E-state index in [2.05, 4.69) is 43.5 Å². The molecule has 5 nitrogen and oxygen atoms in total. The highest BCUT2D eigenvalue weighted by atomic mass is 32.2. The summed E-state index contributed by atoms with van der Waals surface area (Å²) in [5, 5.41) is 6.22. The minimum absolute atomic E-state index is 0.0799. The first-order valence-corrected chi connectivity index (χ1v) is 9.82. The molecule has 0 aliphatic carbocycles. The smallest absolute Gasteiger partial charge is 0.293 e. The number of rotatable bonds is 5. The minimum Gasteiger partial charge on any atom is -0.363 e. The largest absolute Gasteiger partial charge is 0.363 e. The zero-order valence-corrected chi connectivity index (χ0v) is 17.2. The summed E-state index contributed by atoms with van der Waals surface area (Å²) in [6.45, 7) is 9.86. The van der Waals surface area contributed by atoms with Crippen molar-refractivity contribution in [2.45, 2.75) is 33.1 Å². The standard InChI is InChI=1S/C19H25N3O2S2/c1-5-20-17(25)21-10-11-22-16(23)15(26-18(22)24)12-13-6-8-14(9-7-13)19(2,3)4/h6-9,12H,5,10-11H2,1-4H3,(H2,20,21,25)/b15-12-. The van der Waals surface area contributed by atoms with E-state index in [1.54, 1.807) is 6.08 Å². The first-order chi connectivity index (χ1) is 12.2. The molecule has 140 valence electrons. The third-order valence-corrected chi connectivity index (χ3v) is 5.10. The Labute approximate surface area is 164 Å². The molecule has 2 amide bonds. The van der Waals surface area contributed by atoms with Gasteiger partial charge >= 0.3 is 0 Å². The van der Waals surface area contributed by atoms with E-state index in [1.165, 1.54) is 10.5 Å². The third-order valence-electron chi connectivity index (χ3n) is 3.91. The van der Waals surface area contributed by atoms with Crippen molar-refractivity contribution in [2.24, 2.45) is 0 Å². The topological polar surface area (TPSA) is 61.4 Å². The maximum atomic E-state index is 12.5. The molecule has 2 rings (SSSR count). The van der Waals surface area contributed by atoms with Crippen molar-refractivity contribution in [3.63, 3.8) is 0 Å². The fourth-order valence-electron chi connectivity index (χ4n) is 2.43. The molecule has 1 fully saturated rings. The SMILES string of the molecule is CCNC(=S)NCCN1C(=O)S/C(=C\c2ccc(C(C)(C)C)cc2)C1=O. The normalized spacial score (nSPS) is 16.3. The predicted molar refractivity (Wildman–Crippen MR) is 112 cm³/mol. The van der Waals surface area contributed by atoms with Crippen molar-refractivity contribution >= 4 is 46.3 Å². The number of imide groups is 1. The third kappa shape index (κ3) is 5.32. The molecular weight excluding hydrogens is 366 g/mol. The van der Waals surface area contributed by atoms with E-state index in [0.717, 1.165) is 23.9 Å². The van der Waals surface area contributed by atoms with E-state index in [-0.39, 0.29) is 23.1 Å². The predicted octanol–water partition coefficient (Wildman–Crippen LogP) is 3.50. The van der Waals surface area contributed by atoms with Gasteiger partial charge in [0.2, 0.25) is 0 Å². The summed E-state index contributed by atoms with van der Waals surface area (Å²) in [5.41, 5.74) is 2.22. The molecular formula is C19H25N3O2S2. The molecule has 1 aliphatic heterocycles. The Morgan fingerprint density at radius 1 is 1.19 bits per heavy atom. The molecule has 0 aromatic heterocycles. The summed E-state index contributed by atoms with van der Waals surface area (Å²) < 4.78 is 0. The zero-order chi connectivity index (χ0) is 19.3. The van der Waals surface area contributed by atoms with E-state index < -0.39 is 0 Å². The maximum absolute atomic E-state index is 12.5. The van der Waals surface area contributed by atoms with Gasteiger partial charge in [-0.15, -0.1) is 0 Å². The van der Waals surface area contributed by atoms with Crippen molar-refractivity contribution in [1.82, 2.24) is 15.5 Å². The van der Waals surface area contributed by atoms with E-state index >= 15 is 0 Å². The van der Waals surface area contributed by atoms with Crippen molar-refractivity contribution in [3.05, 3.63) is 40.3 Å². The summed E-state index contributed by atoms with van der Waals surface area (Å²) in [4.78, 5) is 26.3. The molecule has 1 aromatic rings.